The fourth-order valence-corrected chi connectivity index (χ4v) is 1.92. The van der Waals surface area contributed by atoms with Gasteiger partial charge in [-0.1, -0.05) is 6.07 Å². The summed E-state index contributed by atoms with van der Waals surface area (Å²) in [5.41, 5.74) is 1.20. The van der Waals surface area contributed by atoms with Crippen molar-refractivity contribution in [1.29, 1.82) is 0 Å². The highest BCUT2D eigenvalue weighted by Crippen LogP contribution is 2.28. The predicted octanol–water partition coefficient (Wildman–Crippen LogP) is 3.55. The smallest absolute Gasteiger partial charge is 0.147 e. The van der Waals surface area contributed by atoms with Crippen molar-refractivity contribution < 1.29 is 4.39 Å². The van der Waals surface area contributed by atoms with E-state index >= 15 is 0 Å². The number of anilines is 1. The van der Waals surface area contributed by atoms with Crippen LogP contribution in [0.5, 0.6) is 0 Å². The average molecular weight is 296 g/mol. The molecule has 88 valence electrons. The van der Waals surface area contributed by atoms with E-state index in [-0.39, 0.29) is 11.9 Å². The zero-order valence-electron chi connectivity index (χ0n) is 9.19. The van der Waals surface area contributed by atoms with Gasteiger partial charge in [0.25, 0.3) is 0 Å². The number of benzene rings is 1. The van der Waals surface area contributed by atoms with Crippen molar-refractivity contribution in [2.45, 2.75) is 13.0 Å². The third-order valence-electron chi connectivity index (χ3n) is 2.35. The van der Waals surface area contributed by atoms with Crippen LogP contribution in [-0.2, 0) is 0 Å². The Morgan fingerprint density at radius 2 is 2.18 bits per heavy atom. The van der Waals surface area contributed by atoms with Gasteiger partial charge in [0.2, 0.25) is 0 Å². The van der Waals surface area contributed by atoms with Gasteiger partial charge in [0.05, 0.1) is 23.6 Å². The average Bonchev–Trinajstić information content (AvgIpc) is 2.35. The van der Waals surface area contributed by atoms with Gasteiger partial charge in [0.1, 0.15) is 5.82 Å². The Morgan fingerprint density at radius 3 is 2.82 bits per heavy atom. The zero-order valence-corrected chi connectivity index (χ0v) is 10.8. The molecule has 3 nitrogen and oxygen atoms in total. The summed E-state index contributed by atoms with van der Waals surface area (Å²) in [6.45, 7) is 1.91. The van der Waals surface area contributed by atoms with Crippen molar-refractivity contribution in [3.05, 3.63) is 52.8 Å². The van der Waals surface area contributed by atoms with Crippen LogP contribution in [0.2, 0.25) is 0 Å². The minimum Gasteiger partial charge on any atom is -0.374 e. The van der Waals surface area contributed by atoms with Gasteiger partial charge in [0.15, 0.2) is 0 Å². The van der Waals surface area contributed by atoms with Gasteiger partial charge in [-0.3, -0.25) is 9.97 Å². The van der Waals surface area contributed by atoms with Crippen molar-refractivity contribution in [1.82, 2.24) is 9.97 Å². The first-order chi connectivity index (χ1) is 8.18. The molecule has 1 aromatic heterocycles. The second-order valence-corrected chi connectivity index (χ2v) is 4.45. The van der Waals surface area contributed by atoms with E-state index in [4.69, 9.17) is 0 Å². The molecule has 1 unspecified atom stereocenters. The molecule has 0 saturated heterocycles. The first-order valence-electron chi connectivity index (χ1n) is 5.15. The molecule has 0 saturated carbocycles. The molecular weight excluding hydrogens is 285 g/mol. The van der Waals surface area contributed by atoms with Gasteiger partial charge in [-0.15, -0.1) is 0 Å². The van der Waals surface area contributed by atoms with Gasteiger partial charge in [0, 0.05) is 16.9 Å². The highest BCUT2D eigenvalue weighted by molar-refractivity contribution is 9.10. The predicted molar refractivity (Wildman–Crippen MR) is 68.2 cm³/mol. The molecule has 1 aromatic carbocycles. The summed E-state index contributed by atoms with van der Waals surface area (Å²) in [5, 5.41) is 3.07. The molecular formula is C12H11BrFN3. The van der Waals surface area contributed by atoms with E-state index in [9.17, 15) is 4.39 Å². The quantitative estimate of drug-likeness (QED) is 0.941. The summed E-state index contributed by atoms with van der Waals surface area (Å²) in [6.07, 6.45) is 4.88. The molecule has 2 rings (SSSR count). The molecule has 0 aliphatic rings. The Kier molecular flexibility index (Phi) is 3.68. The Bertz CT molecular complexity index is 484. The normalized spacial score (nSPS) is 12.2. The number of nitrogens with one attached hydrogen (secondary N) is 1. The summed E-state index contributed by atoms with van der Waals surface area (Å²) >= 11 is 3.31. The van der Waals surface area contributed by atoms with Crippen molar-refractivity contribution >= 4 is 21.6 Å². The maximum Gasteiger partial charge on any atom is 0.147 e. The van der Waals surface area contributed by atoms with Crippen LogP contribution in [0.3, 0.4) is 0 Å². The van der Waals surface area contributed by atoms with Gasteiger partial charge in [-0.25, -0.2) is 4.39 Å². The molecule has 17 heavy (non-hydrogen) atoms. The van der Waals surface area contributed by atoms with E-state index in [1.165, 1.54) is 6.07 Å². The van der Waals surface area contributed by atoms with Gasteiger partial charge in [-0.2, -0.15) is 0 Å². The molecule has 1 N–H and O–H groups in total. The molecule has 0 aliphatic heterocycles. The third-order valence-corrected chi connectivity index (χ3v) is 3.01. The number of rotatable bonds is 3. The summed E-state index contributed by atoms with van der Waals surface area (Å²) < 4.78 is 14.3. The molecule has 0 fully saturated rings. The maximum absolute atomic E-state index is 13.6. The lowest BCUT2D eigenvalue weighted by Crippen LogP contribution is -2.10. The molecule has 0 radical (unpaired) electrons. The van der Waals surface area contributed by atoms with Crippen molar-refractivity contribution in [2.24, 2.45) is 0 Å². The van der Waals surface area contributed by atoms with Crippen molar-refractivity contribution in [3.8, 4) is 0 Å². The lowest BCUT2D eigenvalue weighted by molar-refractivity contribution is 0.626. The first-order valence-corrected chi connectivity index (χ1v) is 5.94. The lowest BCUT2D eigenvalue weighted by Gasteiger charge is -2.16. The zero-order chi connectivity index (χ0) is 12.3. The van der Waals surface area contributed by atoms with Gasteiger partial charge in [-0.05, 0) is 35.0 Å². The fourth-order valence-electron chi connectivity index (χ4n) is 1.46. The highest BCUT2D eigenvalue weighted by Gasteiger charge is 2.11. The minimum absolute atomic E-state index is 0.114. The monoisotopic (exact) mass is 295 g/mol. The Hall–Kier alpha value is -1.49. The molecule has 0 spiro atoms. The van der Waals surface area contributed by atoms with Crippen LogP contribution in [0.4, 0.5) is 10.1 Å². The third kappa shape index (κ3) is 2.79. The summed E-state index contributed by atoms with van der Waals surface area (Å²) in [4.78, 5) is 8.16. The SMILES string of the molecule is CC(Nc1c(F)cccc1Br)c1cnccn1. The Morgan fingerprint density at radius 1 is 1.35 bits per heavy atom. The van der Waals surface area contributed by atoms with Crippen molar-refractivity contribution in [3.63, 3.8) is 0 Å². The highest BCUT2D eigenvalue weighted by atomic mass is 79.9. The fraction of sp³-hybridized carbons (Fsp3) is 0.167. The van der Waals surface area contributed by atoms with E-state index < -0.39 is 0 Å². The van der Waals surface area contributed by atoms with Crippen LogP contribution in [0.15, 0.2) is 41.3 Å². The summed E-state index contributed by atoms with van der Waals surface area (Å²) in [6, 6.07) is 4.74. The van der Waals surface area contributed by atoms with Crippen LogP contribution in [0.25, 0.3) is 0 Å². The number of hydrogen-bond donors (Lipinski definition) is 1. The number of aromatic nitrogens is 2. The Labute approximate surface area is 107 Å². The van der Waals surface area contributed by atoms with E-state index in [0.717, 1.165) is 5.69 Å². The lowest BCUT2D eigenvalue weighted by atomic mass is 10.2. The number of nitrogens with zero attached hydrogens (tertiary/aromatic N) is 2. The minimum atomic E-state index is -0.296. The van der Waals surface area contributed by atoms with E-state index in [1.54, 1.807) is 30.7 Å². The van der Waals surface area contributed by atoms with Crippen molar-refractivity contribution in [2.75, 3.05) is 5.32 Å². The standard InChI is InChI=1S/C12H11BrFN3/c1-8(11-7-15-5-6-16-11)17-12-9(13)3-2-4-10(12)14/h2-8,17H,1H3. The van der Waals surface area contributed by atoms with E-state index in [2.05, 4.69) is 31.2 Å². The molecule has 0 bridgehead atoms. The summed E-state index contributed by atoms with van der Waals surface area (Å²) in [5.74, 6) is -0.296. The van der Waals surface area contributed by atoms with Gasteiger partial charge >= 0.3 is 0 Å². The maximum atomic E-state index is 13.6. The molecule has 2 aromatic rings. The molecule has 1 heterocycles. The Balaban J connectivity index is 2.22. The number of halogens is 2. The number of hydrogen-bond acceptors (Lipinski definition) is 3. The molecule has 0 amide bonds. The van der Waals surface area contributed by atoms with E-state index in [0.29, 0.717) is 10.2 Å². The van der Waals surface area contributed by atoms with Crippen LogP contribution in [0, 0.1) is 5.82 Å². The topological polar surface area (TPSA) is 37.8 Å². The van der Waals surface area contributed by atoms with Gasteiger partial charge < -0.3 is 5.32 Å². The van der Waals surface area contributed by atoms with E-state index in [1.807, 2.05) is 6.92 Å². The summed E-state index contributed by atoms with van der Waals surface area (Å²) in [7, 11) is 0. The molecule has 5 heteroatoms. The largest absolute Gasteiger partial charge is 0.374 e. The first kappa shape index (κ1) is 12.0. The van der Waals surface area contributed by atoms with Crippen LogP contribution in [-0.4, -0.2) is 9.97 Å². The second kappa shape index (κ2) is 5.23. The van der Waals surface area contributed by atoms with Crippen LogP contribution < -0.4 is 5.32 Å². The van der Waals surface area contributed by atoms with Crippen LogP contribution >= 0.6 is 15.9 Å². The number of para-hydroxylation sites is 1. The van der Waals surface area contributed by atoms with Crippen LogP contribution in [0.1, 0.15) is 18.7 Å². The second-order valence-electron chi connectivity index (χ2n) is 3.59. The molecule has 0 aliphatic carbocycles. The molecule has 1 atom stereocenters.